The molecule has 0 aromatic carbocycles. The molecule has 1 aromatic rings. The number of nitrogens with two attached hydrogens (primary N) is 1. The van der Waals surface area contributed by atoms with Crippen LogP contribution >= 0.6 is 0 Å². The van der Waals surface area contributed by atoms with Crippen LogP contribution in [0, 0.1) is 5.82 Å². The summed E-state index contributed by atoms with van der Waals surface area (Å²) in [7, 11) is 0. The molecular formula is C15H23FN4O4. The summed E-state index contributed by atoms with van der Waals surface area (Å²) in [5.74, 6) is -1.29. The Kier molecular flexibility index (Phi) is 6.68. The second-order valence-corrected chi connectivity index (χ2v) is 5.62. The van der Waals surface area contributed by atoms with Gasteiger partial charge in [0, 0.05) is 6.54 Å². The fourth-order valence-corrected chi connectivity index (χ4v) is 2.45. The van der Waals surface area contributed by atoms with Crippen molar-refractivity contribution in [2.45, 2.75) is 51.4 Å². The average molecular weight is 342 g/mol. The van der Waals surface area contributed by atoms with E-state index in [0.717, 1.165) is 30.0 Å². The highest BCUT2D eigenvalue weighted by Crippen LogP contribution is 2.26. The van der Waals surface area contributed by atoms with Crippen LogP contribution in [0.15, 0.2) is 11.0 Å². The van der Waals surface area contributed by atoms with Crippen molar-refractivity contribution in [3.8, 4) is 0 Å². The van der Waals surface area contributed by atoms with Crippen molar-refractivity contribution in [3.05, 3.63) is 22.5 Å². The number of carbonyl (C=O) groups excluding carboxylic acids is 1. The van der Waals surface area contributed by atoms with Crippen LogP contribution in [0.25, 0.3) is 0 Å². The molecule has 1 aliphatic heterocycles. The molecule has 9 heteroatoms. The molecule has 2 unspecified atom stereocenters. The van der Waals surface area contributed by atoms with Crippen molar-refractivity contribution < 1.29 is 18.7 Å². The minimum Gasteiger partial charge on any atom is -0.449 e. The largest absolute Gasteiger partial charge is 0.449 e. The molecule has 2 atom stereocenters. The van der Waals surface area contributed by atoms with Crippen LogP contribution in [0.5, 0.6) is 0 Å². The molecule has 0 saturated carbocycles. The summed E-state index contributed by atoms with van der Waals surface area (Å²) in [6.45, 7) is 2.59. The number of rotatable bonds is 7. The monoisotopic (exact) mass is 342 g/mol. The van der Waals surface area contributed by atoms with E-state index in [1.807, 2.05) is 6.92 Å². The van der Waals surface area contributed by atoms with Crippen LogP contribution in [-0.4, -0.2) is 34.9 Å². The predicted octanol–water partition coefficient (Wildman–Crippen LogP) is 1.76. The molecule has 24 heavy (non-hydrogen) atoms. The number of hydrogen-bond acceptors (Lipinski definition) is 6. The fraction of sp³-hybridized carbons (Fsp3) is 0.667. The molecule has 1 aromatic heterocycles. The molecule has 0 spiro atoms. The maximum atomic E-state index is 14.1. The first kappa shape index (κ1) is 18.3. The van der Waals surface area contributed by atoms with Gasteiger partial charge in [0.1, 0.15) is 6.23 Å². The van der Waals surface area contributed by atoms with Gasteiger partial charge in [-0.15, -0.1) is 0 Å². The summed E-state index contributed by atoms with van der Waals surface area (Å²) in [5.41, 5.74) is 4.81. The maximum Gasteiger partial charge on any atom is 0.412 e. The van der Waals surface area contributed by atoms with E-state index < -0.39 is 29.6 Å². The zero-order chi connectivity index (χ0) is 17.5. The summed E-state index contributed by atoms with van der Waals surface area (Å²) in [6, 6.07) is 0. The first-order chi connectivity index (χ1) is 11.5. The Hall–Kier alpha value is -2.00. The van der Waals surface area contributed by atoms with Crippen molar-refractivity contribution in [2.24, 2.45) is 5.73 Å². The smallest absolute Gasteiger partial charge is 0.412 e. The van der Waals surface area contributed by atoms with Crippen LogP contribution < -0.4 is 16.7 Å². The topological polar surface area (TPSA) is 108 Å². The van der Waals surface area contributed by atoms with Crippen LogP contribution in [0.4, 0.5) is 15.0 Å². The summed E-state index contributed by atoms with van der Waals surface area (Å²) in [6.07, 6.45) is 3.29. The van der Waals surface area contributed by atoms with Gasteiger partial charge in [0.25, 0.3) is 0 Å². The lowest BCUT2D eigenvalue weighted by molar-refractivity contribution is 0.00316. The minimum atomic E-state index is -0.838. The number of anilines is 1. The van der Waals surface area contributed by atoms with E-state index >= 15 is 0 Å². The first-order valence-corrected chi connectivity index (χ1v) is 8.13. The van der Waals surface area contributed by atoms with E-state index in [4.69, 9.17) is 15.2 Å². The lowest BCUT2D eigenvalue weighted by Gasteiger charge is -2.15. The molecule has 8 nitrogen and oxygen atoms in total. The van der Waals surface area contributed by atoms with Crippen LogP contribution in [-0.2, 0) is 9.47 Å². The molecule has 134 valence electrons. The molecule has 2 rings (SSSR count). The Morgan fingerprint density at radius 1 is 1.54 bits per heavy atom. The van der Waals surface area contributed by atoms with Crippen LogP contribution in [0.2, 0.25) is 0 Å². The summed E-state index contributed by atoms with van der Waals surface area (Å²) >= 11 is 0. The summed E-state index contributed by atoms with van der Waals surface area (Å²) < 4.78 is 25.6. The second-order valence-electron chi connectivity index (χ2n) is 5.62. The summed E-state index contributed by atoms with van der Waals surface area (Å²) in [5, 5.41) is 2.14. The zero-order valence-electron chi connectivity index (χ0n) is 13.7. The van der Waals surface area contributed by atoms with Crippen molar-refractivity contribution in [1.82, 2.24) is 9.55 Å². The number of amides is 1. The van der Waals surface area contributed by atoms with Gasteiger partial charge in [0.15, 0.2) is 11.6 Å². The lowest BCUT2D eigenvalue weighted by Crippen LogP contribution is -2.30. The Labute approximate surface area is 139 Å². The van der Waals surface area contributed by atoms with Crippen molar-refractivity contribution in [3.63, 3.8) is 0 Å². The normalized spacial score (nSPS) is 20.1. The Balaban J connectivity index is 1.99. The number of carbonyl (C=O) groups is 1. The third kappa shape index (κ3) is 4.75. The number of halogens is 1. The average Bonchev–Trinajstić information content (AvgIpc) is 3.03. The maximum absolute atomic E-state index is 14.1. The molecule has 3 N–H and O–H groups in total. The highest BCUT2D eigenvalue weighted by Gasteiger charge is 2.27. The lowest BCUT2D eigenvalue weighted by atomic mass is 10.2. The van der Waals surface area contributed by atoms with E-state index in [1.54, 1.807) is 0 Å². The third-order valence-electron chi connectivity index (χ3n) is 3.77. The predicted molar refractivity (Wildman–Crippen MR) is 85.1 cm³/mol. The molecule has 2 heterocycles. The van der Waals surface area contributed by atoms with Crippen LogP contribution in [0.3, 0.4) is 0 Å². The quantitative estimate of drug-likeness (QED) is 0.731. The van der Waals surface area contributed by atoms with E-state index in [-0.39, 0.29) is 12.7 Å². The van der Waals surface area contributed by atoms with Gasteiger partial charge >= 0.3 is 11.8 Å². The number of hydrogen-bond donors (Lipinski definition) is 2. The van der Waals surface area contributed by atoms with Gasteiger partial charge < -0.3 is 15.2 Å². The SMILES string of the molecule is CCCCCOC(=O)Nc1nc(=O)n(C2CCC(CN)O2)cc1F. The Morgan fingerprint density at radius 3 is 3.00 bits per heavy atom. The standard InChI is InChI=1S/C15H23FN4O4/c1-2-3-4-7-23-15(22)19-13-11(16)9-20(14(21)18-13)12-6-5-10(8-17)24-12/h9-10,12H,2-8,17H2,1H3,(H,18,19,21,22). The van der Waals surface area contributed by atoms with Gasteiger partial charge in [0.2, 0.25) is 0 Å². The van der Waals surface area contributed by atoms with Crippen molar-refractivity contribution >= 4 is 11.9 Å². The molecule has 1 fully saturated rings. The van der Waals surface area contributed by atoms with E-state index in [0.29, 0.717) is 19.4 Å². The van der Waals surface area contributed by atoms with Crippen LogP contribution in [0.1, 0.15) is 45.3 Å². The van der Waals surface area contributed by atoms with Gasteiger partial charge in [-0.3, -0.25) is 9.88 Å². The van der Waals surface area contributed by atoms with Gasteiger partial charge in [-0.05, 0) is 19.3 Å². The molecule has 1 amide bonds. The highest BCUT2D eigenvalue weighted by atomic mass is 19.1. The molecule has 0 bridgehead atoms. The second kappa shape index (κ2) is 8.74. The van der Waals surface area contributed by atoms with E-state index in [2.05, 4.69) is 10.3 Å². The first-order valence-electron chi connectivity index (χ1n) is 8.13. The highest BCUT2D eigenvalue weighted by molar-refractivity contribution is 5.83. The minimum absolute atomic E-state index is 0.152. The number of unbranched alkanes of at least 4 members (excludes halogenated alkanes) is 2. The fourth-order valence-electron chi connectivity index (χ4n) is 2.45. The molecule has 1 saturated heterocycles. The van der Waals surface area contributed by atoms with E-state index in [9.17, 15) is 14.0 Å². The van der Waals surface area contributed by atoms with Gasteiger partial charge in [0.05, 0.1) is 18.9 Å². The third-order valence-corrected chi connectivity index (χ3v) is 3.77. The van der Waals surface area contributed by atoms with Crippen molar-refractivity contribution in [1.29, 1.82) is 0 Å². The zero-order valence-corrected chi connectivity index (χ0v) is 13.7. The molecule has 0 aliphatic carbocycles. The number of nitrogens with zero attached hydrogens (tertiary/aromatic N) is 2. The number of aromatic nitrogens is 2. The molecule has 0 radical (unpaired) electrons. The van der Waals surface area contributed by atoms with Gasteiger partial charge in [-0.25, -0.2) is 14.0 Å². The van der Waals surface area contributed by atoms with E-state index in [1.165, 1.54) is 0 Å². The van der Waals surface area contributed by atoms with Gasteiger partial charge in [-0.2, -0.15) is 4.98 Å². The number of nitrogens with one attached hydrogen (secondary N) is 1. The number of ether oxygens (including phenoxy) is 2. The Morgan fingerprint density at radius 2 is 2.33 bits per heavy atom. The molecular weight excluding hydrogens is 319 g/mol. The van der Waals surface area contributed by atoms with Crippen molar-refractivity contribution in [2.75, 3.05) is 18.5 Å². The Bertz CT molecular complexity index is 622. The molecule has 1 aliphatic rings. The van der Waals surface area contributed by atoms with Gasteiger partial charge in [-0.1, -0.05) is 19.8 Å². The summed E-state index contributed by atoms with van der Waals surface area (Å²) in [4.78, 5) is 27.2.